The molecule has 0 unspecified atom stereocenters. The van der Waals surface area contributed by atoms with E-state index in [1.54, 1.807) is 0 Å². The second kappa shape index (κ2) is 3.71. The zero-order chi connectivity index (χ0) is 7.33. The Hall–Kier alpha value is -0.250. The van der Waals surface area contributed by atoms with Crippen LogP contribution >= 0.6 is 10.6 Å². The van der Waals surface area contributed by atoms with Crippen LogP contribution in [0.2, 0.25) is 0 Å². The average Bonchev–Trinajstić information content (AvgIpc) is 1.64. The molecule has 0 rings (SSSR count). The minimum absolute atomic E-state index is 0.263. The normalized spacial score (nSPS) is 12.7. The first-order chi connectivity index (χ1) is 4.12. The Balaban J connectivity index is 3.68. The third kappa shape index (κ3) is 4.27. The van der Waals surface area contributed by atoms with Crippen molar-refractivity contribution >= 4 is 10.6 Å². The highest BCUT2D eigenvalue weighted by Gasteiger charge is 2.04. The minimum atomic E-state index is -2.42. The Morgan fingerprint density at radius 1 is 1.11 bits per heavy atom. The molecule has 9 heavy (non-hydrogen) atoms. The van der Waals surface area contributed by atoms with Gasteiger partial charge in [-0.2, -0.15) is 10.6 Å². The highest BCUT2D eigenvalue weighted by Crippen LogP contribution is 2.37. The second-order valence-corrected chi connectivity index (χ2v) is 3.98. The van der Waals surface area contributed by atoms with Crippen LogP contribution in [0.3, 0.4) is 0 Å². The summed E-state index contributed by atoms with van der Waals surface area (Å²) in [5.74, 6) is 0.526. The van der Waals surface area contributed by atoms with Crippen molar-refractivity contribution in [2.45, 2.75) is 0 Å². The maximum atomic E-state index is 9.01. The molecule has 0 aromatic rings. The summed E-state index contributed by atoms with van der Waals surface area (Å²) in [5.41, 5.74) is 0. The van der Waals surface area contributed by atoms with E-state index in [1.165, 1.54) is 12.2 Å². The van der Waals surface area contributed by atoms with Crippen molar-refractivity contribution in [3.63, 3.8) is 0 Å². The van der Waals surface area contributed by atoms with E-state index in [1.807, 2.05) is 0 Å². The first-order valence-corrected chi connectivity index (χ1v) is 4.46. The van der Waals surface area contributed by atoms with Crippen LogP contribution in [-0.4, -0.2) is 20.6 Å². The van der Waals surface area contributed by atoms with Crippen LogP contribution < -0.4 is 0 Å². The van der Waals surface area contributed by atoms with Crippen molar-refractivity contribution in [3.05, 3.63) is 25.3 Å². The molecule has 0 aliphatic heterocycles. The molecule has 0 heterocycles. The lowest BCUT2D eigenvalue weighted by Gasteiger charge is -2.28. The Bertz CT molecular complexity index is 97.6. The molecule has 0 atom stereocenters. The Kier molecular flexibility index (Phi) is 3.61. The van der Waals surface area contributed by atoms with E-state index in [0.717, 1.165) is 0 Å². The molecule has 0 amide bonds. The lowest BCUT2D eigenvalue weighted by Crippen LogP contribution is -2.03. The molecule has 0 aromatic carbocycles. The second-order valence-electron chi connectivity index (χ2n) is 1.71. The first kappa shape index (κ1) is 8.75. The zero-order valence-electron chi connectivity index (χ0n) is 5.29. The van der Waals surface area contributed by atoms with Crippen LogP contribution in [0.25, 0.3) is 0 Å². The van der Waals surface area contributed by atoms with E-state index in [0.29, 0.717) is 0 Å². The maximum Gasteiger partial charge on any atom is 0.0555 e. The fourth-order valence-electron chi connectivity index (χ4n) is 0.446. The predicted molar refractivity (Wildman–Crippen MR) is 43.0 cm³/mol. The fourth-order valence-corrected chi connectivity index (χ4v) is 1.34. The summed E-state index contributed by atoms with van der Waals surface area (Å²) in [5, 5.41) is 0. The van der Waals surface area contributed by atoms with Crippen molar-refractivity contribution in [1.29, 1.82) is 0 Å². The van der Waals surface area contributed by atoms with E-state index in [2.05, 4.69) is 13.2 Å². The highest BCUT2D eigenvalue weighted by atomic mass is 32.3. The van der Waals surface area contributed by atoms with Gasteiger partial charge in [-0.25, -0.2) is 0 Å². The molecule has 0 bridgehead atoms. The summed E-state index contributed by atoms with van der Waals surface area (Å²) in [6, 6.07) is 0. The summed E-state index contributed by atoms with van der Waals surface area (Å²) < 4.78 is 18.0. The molecule has 2 N–H and O–H groups in total. The van der Waals surface area contributed by atoms with E-state index >= 15 is 0 Å². The molecule has 2 nitrogen and oxygen atoms in total. The van der Waals surface area contributed by atoms with Crippen molar-refractivity contribution in [1.82, 2.24) is 0 Å². The molecule has 0 aromatic heterocycles. The van der Waals surface area contributed by atoms with Gasteiger partial charge < -0.3 is 0 Å². The van der Waals surface area contributed by atoms with E-state index in [4.69, 9.17) is 9.11 Å². The largest absolute Gasteiger partial charge is 0.299 e. The molecule has 54 valence electrons. The topological polar surface area (TPSA) is 40.5 Å². The predicted octanol–water partition coefficient (Wildman–Crippen LogP) is 2.11. The van der Waals surface area contributed by atoms with Crippen LogP contribution in [0.5, 0.6) is 0 Å². The number of rotatable bonds is 4. The molecule has 0 saturated heterocycles. The minimum Gasteiger partial charge on any atom is -0.299 e. The monoisotopic (exact) mass is 148 g/mol. The fraction of sp³-hybridized carbons (Fsp3) is 0.333. The third-order valence-electron chi connectivity index (χ3n) is 0.770. The molecular weight excluding hydrogens is 136 g/mol. The molecule has 0 saturated carbocycles. The van der Waals surface area contributed by atoms with Gasteiger partial charge in [0.15, 0.2) is 0 Å². The van der Waals surface area contributed by atoms with Gasteiger partial charge in [0.1, 0.15) is 0 Å². The van der Waals surface area contributed by atoms with Gasteiger partial charge in [-0.15, -0.1) is 13.2 Å². The van der Waals surface area contributed by atoms with Gasteiger partial charge in [0, 0.05) is 0 Å². The van der Waals surface area contributed by atoms with Crippen molar-refractivity contribution in [2.24, 2.45) is 0 Å². The molecule has 3 heteroatoms. The quantitative estimate of drug-likeness (QED) is 0.599. The summed E-state index contributed by atoms with van der Waals surface area (Å²) in [6.45, 7) is 6.79. The molecule has 0 radical (unpaired) electrons. The van der Waals surface area contributed by atoms with Gasteiger partial charge in [-0.3, -0.25) is 9.11 Å². The lowest BCUT2D eigenvalue weighted by molar-refractivity contribution is 0.495. The lowest BCUT2D eigenvalue weighted by atomic mass is 10.8. The van der Waals surface area contributed by atoms with Crippen molar-refractivity contribution < 1.29 is 9.11 Å². The molecule has 0 aliphatic rings. The van der Waals surface area contributed by atoms with Crippen molar-refractivity contribution in [3.8, 4) is 0 Å². The van der Waals surface area contributed by atoms with Gasteiger partial charge in [0.25, 0.3) is 0 Å². The molecule has 0 spiro atoms. The number of hydrogen-bond acceptors (Lipinski definition) is 2. The van der Waals surface area contributed by atoms with Gasteiger partial charge in [0.2, 0.25) is 0 Å². The van der Waals surface area contributed by atoms with E-state index in [9.17, 15) is 0 Å². The van der Waals surface area contributed by atoms with Crippen LogP contribution in [0, 0.1) is 0 Å². The summed E-state index contributed by atoms with van der Waals surface area (Å²) in [6.07, 6.45) is 3.00. The smallest absolute Gasteiger partial charge is 0.0555 e. The van der Waals surface area contributed by atoms with Crippen LogP contribution in [-0.2, 0) is 0 Å². The first-order valence-electron chi connectivity index (χ1n) is 2.58. The third-order valence-corrected chi connectivity index (χ3v) is 2.31. The van der Waals surface area contributed by atoms with Gasteiger partial charge in [-0.05, 0) is 0 Å². The summed E-state index contributed by atoms with van der Waals surface area (Å²) in [4.78, 5) is 0. The Morgan fingerprint density at radius 3 is 1.67 bits per heavy atom. The van der Waals surface area contributed by atoms with Crippen LogP contribution in [0.1, 0.15) is 0 Å². The van der Waals surface area contributed by atoms with Gasteiger partial charge in [-0.1, -0.05) is 12.2 Å². The maximum absolute atomic E-state index is 9.01. The summed E-state index contributed by atoms with van der Waals surface area (Å²) >= 11 is 0. The van der Waals surface area contributed by atoms with E-state index < -0.39 is 10.6 Å². The SMILES string of the molecule is C=CCS(O)(O)CC=C. The number of hydrogen-bond donors (Lipinski definition) is 2. The van der Waals surface area contributed by atoms with Gasteiger partial charge >= 0.3 is 0 Å². The summed E-state index contributed by atoms with van der Waals surface area (Å²) in [7, 11) is -2.42. The molecular formula is C6H12O2S. The Morgan fingerprint density at radius 2 is 1.44 bits per heavy atom. The van der Waals surface area contributed by atoms with E-state index in [-0.39, 0.29) is 11.5 Å². The van der Waals surface area contributed by atoms with Crippen molar-refractivity contribution in [2.75, 3.05) is 11.5 Å². The standard InChI is InChI=1S/C6H12O2S/c1-3-5-9(7,8)6-4-2/h3-4,7-8H,1-2,5-6H2. The average molecular weight is 148 g/mol. The highest BCUT2D eigenvalue weighted by molar-refractivity contribution is 8.24. The zero-order valence-corrected chi connectivity index (χ0v) is 6.10. The van der Waals surface area contributed by atoms with Crippen LogP contribution in [0.4, 0.5) is 0 Å². The van der Waals surface area contributed by atoms with Crippen LogP contribution in [0.15, 0.2) is 25.3 Å². The molecule has 0 fully saturated rings. The molecule has 0 aliphatic carbocycles. The Labute approximate surface area is 57.3 Å². The van der Waals surface area contributed by atoms with Gasteiger partial charge in [0.05, 0.1) is 11.5 Å².